The van der Waals surface area contributed by atoms with Crippen molar-refractivity contribution in [2.24, 2.45) is 4.99 Å². The molecule has 0 aliphatic rings. The fourth-order valence-corrected chi connectivity index (χ4v) is 3.06. The third-order valence-corrected chi connectivity index (χ3v) is 4.01. The molecule has 1 aromatic rings. The summed E-state index contributed by atoms with van der Waals surface area (Å²) in [5, 5.41) is 10.5. The van der Waals surface area contributed by atoms with Gasteiger partial charge in [-0.1, -0.05) is 37.4 Å². The molecular formula is C12H14N2O3S2. The Morgan fingerprint density at radius 3 is 2.16 bits per heavy atom. The molecule has 5 nitrogen and oxygen atoms in total. The smallest absolute Gasteiger partial charge is 0.267 e. The lowest BCUT2D eigenvalue weighted by Crippen LogP contribution is -1.99. The number of benzene rings is 1. The van der Waals surface area contributed by atoms with Gasteiger partial charge in [0.05, 0.1) is 4.92 Å². The van der Waals surface area contributed by atoms with Crippen LogP contribution >= 0.6 is 23.5 Å². The van der Waals surface area contributed by atoms with Crippen LogP contribution in [0.5, 0.6) is 0 Å². The predicted octanol–water partition coefficient (Wildman–Crippen LogP) is 3.60. The Labute approximate surface area is 120 Å². The first-order valence-corrected chi connectivity index (χ1v) is 7.68. The van der Waals surface area contributed by atoms with Crippen molar-refractivity contribution in [3.05, 3.63) is 39.9 Å². The van der Waals surface area contributed by atoms with Gasteiger partial charge in [-0.3, -0.25) is 14.9 Å². The number of nitro benzene ring substituents is 1. The molecule has 7 heteroatoms. The van der Waals surface area contributed by atoms with Crippen LogP contribution in [-0.4, -0.2) is 26.7 Å². The summed E-state index contributed by atoms with van der Waals surface area (Å²) in [7, 11) is 0. The second kappa shape index (κ2) is 7.96. The van der Waals surface area contributed by atoms with Crippen LogP contribution in [0.2, 0.25) is 0 Å². The highest BCUT2D eigenvalue weighted by Crippen LogP contribution is 2.18. The number of nitrogens with zero attached hydrogens (tertiary/aromatic N) is 2. The normalized spacial score (nSPS) is 10.0. The molecule has 0 saturated carbocycles. The van der Waals surface area contributed by atoms with Gasteiger partial charge in [-0.2, -0.15) is 4.99 Å². The maximum atomic E-state index is 11.9. The summed E-state index contributed by atoms with van der Waals surface area (Å²) in [6, 6.07) is 5.47. The molecule has 0 spiro atoms. The molecular weight excluding hydrogens is 284 g/mol. The Morgan fingerprint density at radius 1 is 1.21 bits per heavy atom. The van der Waals surface area contributed by atoms with E-state index < -0.39 is 4.92 Å². The van der Waals surface area contributed by atoms with Gasteiger partial charge in [-0.05, 0) is 23.6 Å². The predicted molar refractivity (Wildman–Crippen MR) is 81.1 cm³/mol. The minimum absolute atomic E-state index is 0.0355. The largest absolute Gasteiger partial charge is 0.278 e. The van der Waals surface area contributed by atoms with Crippen molar-refractivity contribution in [2.45, 2.75) is 13.8 Å². The number of rotatable bonds is 4. The standard InChI is InChI=1S/C12H14N2O3S2/c1-3-18-12(19-4-2)13-11(15)9-5-7-10(8-6-9)14(16)17/h5-8H,3-4H2,1-2H3. The van der Waals surface area contributed by atoms with Crippen molar-refractivity contribution in [1.29, 1.82) is 0 Å². The number of non-ortho nitro benzene ring substituents is 1. The summed E-state index contributed by atoms with van der Waals surface area (Å²) in [6.07, 6.45) is 0. The van der Waals surface area contributed by atoms with Crippen LogP contribution in [0.1, 0.15) is 24.2 Å². The van der Waals surface area contributed by atoms with Gasteiger partial charge < -0.3 is 0 Å². The summed E-state index contributed by atoms with van der Waals surface area (Å²) in [5.74, 6) is 1.32. The molecule has 0 bridgehead atoms. The molecule has 102 valence electrons. The molecule has 0 unspecified atom stereocenters. The third-order valence-electron chi connectivity index (χ3n) is 2.05. The van der Waals surface area contributed by atoms with Crippen molar-refractivity contribution < 1.29 is 9.72 Å². The van der Waals surface area contributed by atoms with Crippen LogP contribution in [-0.2, 0) is 0 Å². The maximum Gasteiger partial charge on any atom is 0.278 e. The highest BCUT2D eigenvalue weighted by atomic mass is 32.2. The molecule has 0 atom stereocenters. The second-order valence-corrected chi connectivity index (χ2v) is 6.12. The first kappa shape index (κ1) is 15.7. The summed E-state index contributed by atoms with van der Waals surface area (Å²) >= 11 is 3.03. The van der Waals surface area contributed by atoms with Gasteiger partial charge >= 0.3 is 0 Å². The molecule has 0 aliphatic carbocycles. The van der Waals surface area contributed by atoms with Crippen LogP contribution in [0.15, 0.2) is 29.3 Å². The fraction of sp³-hybridized carbons (Fsp3) is 0.333. The fourth-order valence-electron chi connectivity index (χ4n) is 1.23. The van der Waals surface area contributed by atoms with Crippen molar-refractivity contribution in [3.8, 4) is 0 Å². The van der Waals surface area contributed by atoms with Crippen LogP contribution in [0, 0.1) is 10.1 Å². The third kappa shape index (κ3) is 5.04. The Morgan fingerprint density at radius 2 is 1.74 bits per heavy atom. The number of nitro groups is 1. The highest BCUT2D eigenvalue weighted by Gasteiger charge is 2.10. The molecule has 1 aromatic carbocycles. The average molecular weight is 298 g/mol. The van der Waals surface area contributed by atoms with Gasteiger partial charge in [-0.15, -0.1) is 0 Å². The minimum atomic E-state index is -0.497. The molecule has 0 aliphatic heterocycles. The van der Waals surface area contributed by atoms with Crippen LogP contribution < -0.4 is 0 Å². The number of carbonyl (C=O) groups is 1. The molecule has 0 fully saturated rings. The van der Waals surface area contributed by atoms with Gasteiger partial charge in [0.1, 0.15) is 4.38 Å². The van der Waals surface area contributed by atoms with E-state index in [0.29, 0.717) is 5.56 Å². The van der Waals surface area contributed by atoms with E-state index in [0.717, 1.165) is 15.9 Å². The second-order valence-electron chi connectivity index (χ2n) is 3.35. The molecule has 0 radical (unpaired) electrons. The molecule has 19 heavy (non-hydrogen) atoms. The summed E-state index contributed by atoms with van der Waals surface area (Å²) in [4.78, 5) is 26.0. The van der Waals surface area contributed by atoms with Crippen LogP contribution in [0.4, 0.5) is 5.69 Å². The van der Waals surface area contributed by atoms with Crippen molar-refractivity contribution in [2.75, 3.05) is 11.5 Å². The van der Waals surface area contributed by atoms with E-state index in [1.165, 1.54) is 47.8 Å². The molecule has 1 amide bonds. The maximum absolute atomic E-state index is 11.9. The number of hydrogen-bond donors (Lipinski definition) is 0. The highest BCUT2D eigenvalue weighted by molar-refractivity contribution is 8.38. The Kier molecular flexibility index (Phi) is 6.58. The monoisotopic (exact) mass is 298 g/mol. The van der Waals surface area contributed by atoms with E-state index >= 15 is 0 Å². The summed E-state index contributed by atoms with van der Waals surface area (Å²) in [6.45, 7) is 3.99. The first-order chi connectivity index (χ1) is 9.08. The number of aliphatic imine (C=N–C) groups is 1. The quantitative estimate of drug-likeness (QED) is 0.367. The van der Waals surface area contributed by atoms with E-state index in [-0.39, 0.29) is 11.6 Å². The van der Waals surface area contributed by atoms with Crippen LogP contribution in [0.3, 0.4) is 0 Å². The summed E-state index contributed by atoms with van der Waals surface area (Å²) < 4.78 is 0.730. The number of carbonyl (C=O) groups excluding carboxylic acids is 1. The number of amides is 1. The molecule has 0 heterocycles. The van der Waals surface area contributed by atoms with E-state index in [1.54, 1.807) is 0 Å². The summed E-state index contributed by atoms with van der Waals surface area (Å²) in [5.41, 5.74) is 0.322. The topological polar surface area (TPSA) is 72.6 Å². The lowest BCUT2D eigenvalue weighted by molar-refractivity contribution is -0.384. The number of hydrogen-bond acceptors (Lipinski definition) is 5. The molecule has 0 aromatic heterocycles. The molecule has 1 rings (SSSR count). The Hall–Kier alpha value is -1.34. The van der Waals surface area contributed by atoms with Gasteiger partial charge in [-0.25, -0.2) is 0 Å². The molecule has 0 saturated heterocycles. The van der Waals surface area contributed by atoms with E-state index in [1.807, 2.05) is 13.8 Å². The van der Waals surface area contributed by atoms with Gasteiger partial charge in [0.15, 0.2) is 0 Å². The van der Waals surface area contributed by atoms with Gasteiger partial charge in [0.25, 0.3) is 11.6 Å². The minimum Gasteiger partial charge on any atom is -0.267 e. The number of thioether (sulfide) groups is 2. The van der Waals surface area contributed by atoms with E-state index in [4.69, 9.17) is 0 Å². The van der Waals surface area contributed by atoms with Gasteiger partial charge in [0, 0.05) is 17.7 Å². The van der Waals surface area contributed by atoms with E-state index in [9.17, 15) is 14.9 Å². The van der Waals surface area contributed by atoms with Crippen molar-refractivity contribution >= 4 is 39.5 Å². The van der Waals surface area contributed by atoms with Gasteiger partial charge in [0.2, 0.25) is 0 Å². The zero-order chi connectivity index (χ0) is 14.3. The van der Waals surface area contributed by atoms with Crippen LogP contribution in [0.25, 0.3) is 0 Å². The lowest BCUT2D eigenvalue weighted by Gasteiger charge is -2.01. The van der Waals surface area contributed by atoms with Crippen molar-refractivity contribution in [1.82, 2.24) is 0 Å². The zero-order valence-electron chi connectivity index (χ0n) is 10.7. The average Bonchev–Trinajstić information content (AvgIpc) is 2.39. The lowest BCUT2D eigenvalue weighted by atomic mass is 10.2. The molecule has 0 N–H and O–H groups in total. The van der Waals surface area contributed by atoms with E-state index in [2.05, 4.69) is 4.99 Å². The zero-order valence-corrected chi connectivity index (χ0v) is 12.3. The first-order valence-electron chi connectivity index (χ1n) is 5.71. The SMILES string of the molecule is CCSC(=NC(=O)c1ccc([N+](=O)[O-])cc1)SCC. The Balaban J connectivity index is 2.86. The van der Waals surface area contributed by atoms with Crippen molar-refractivity contribution in [3.63, 3.8) is 0 Å². The Bertz CT molecular complexity index is 478.